The second-order valence-electron chi connectivity index (χ2n) is 9.98. The van der Waals surface area contributed by atoms with Crippen molar-refractivity contribution in [3.05, 3.63) is 111 Å². The molecule has 38 heavy (non-hydrogen) atoms. The van der Waals surface area contributed by atoms with Gasteiger partial charge in [-0.1, -0.05) is 48.0 Å². The lowest BCUT2D eigenvalue weighted by molar-refractivity contribution is 0.694. The van der Waals surface area contributed by atoms with Crippen molar-refractivity contribution in [2.45, 2.75) is 13.0 Å². The molecule has 0 radical (unpaired) electrons. The molecule has 0 fully saturated rings. The minimum absolute atomic E-state index is 0.317. The Balaban J connectivity index is 1.71. The molecule has 4 heterocycles. The molecule has 7 rings (SSSR count). The number of fused-ring (bicyclic) bond motifs is 6. The van der Waals surface area contributed by atoms with E-state index in [4.69, 9.17) is 4.98 Å². The molecule has 1 N–H and O–H groups in total. The van der Waals surface area contributed by atoms with E-state index in [0.717, 1.165) is 50.7 Å². The number of hydrogen-bond acceptors (Lipinski definition) is 4. The van der Waals surface area contributed by atoms with Crippen molar-refractivity contribution in [3.8, 4) is 16.9 Å². The fourth-order valence-corrected chi connectivity index (χ4v) is 5.90. The Kier molecular flexibility index (Phi) is 4.60. The lowest BCUT2D eigenvalue weighted by Crippen LogP contribution is -2.37. The standard InChI is InChI=1S/C30H26N6O2/c1-17-10-9-11-18(16-17)25-23-26(34(3)30(38)35(4)29(23)37)27-24(31-20-13-6-8-15-22(20)36(25)27)28-32-19-12-5-7-14-21(19)33(28)2/h5-16,24,31H,1-4H3. The Bertz CT molecular complexity index is 2060. The Morgan fingerprint density at radius 2 is 1.61 bits per heavy atom. The normalized spacial score (nSPS) is 14.5. The molecule has 6 aromatic rings. The van der Waals surface area contributed by atoms with Gasteiger partial charge >= 0.3 is 5.69 Å². The summed E-state index contributed by atoms with van der Waals surface area (Å²) in [5.74, 6) is 0.797. The molecule has 3 aromatic carbocycles. The lowest BCUT2D eigenvalue weighted by atomic mass is 10.1. The van der Waals surface area contributed by atoms with Crippen LogP contribution in [0.15, 0.2) is 82.4 Å². The lowest BCUT2D eigenvalue weighted by Gasteiger charge is -2.30. The van der Waals surface area contributed by atoms with Crippen LogP contribution in [0.3, 0.4) is 0 Å². The SMILES string of the molecule is Cc1cccc(-c2c3c(=O)n(C)c(=O)n(C)c3c3n2-c2ccccc2NC3c2nc3ccccc3n2C)c1. The Morgan fingerprint density at radius 3 is 2.39 bits per heavy atom. The van der Waals surface area contributed by atoms with Gasteiger partial charge in [-0.05, 0) is 42.8 Å². The average Bonchev–Trinajstić information content (AvgIpc) is 3.46. The summed E-state index contributed by atoms with van der Waals surface area (Å²) in [7, 11) is 5.27. The highest BCUT2D eigenvalue weighted by molar-refractivity contribution is 5.99. The van der Waals surface area contributed by atoms with Gasteiger partial charge in [-0.2, -0.15) is 0 Å². The smallest absolute Gasteiger partial charge is 0.331 e. The summed E-state index contributed by atoms with van der Waals surface area (Å²) in [5.41, 5.74) is 7.24. The van der Waals surface area contributed by atoms with Crippen LogP contribution in [0, 0.1) is 6.92 Å². The van der Waals surface area contributed by atoms with Crippen LogP contribution in [0.2, 0.25) is 0 Å². The molecule has 0 saturated carbocycles. The molecular weight excluding hydrogens is 476 g/mol. The number of para-hydroxylation sites is 4. The first-order chi connectivity index (χ1) is 18.4. The monoisotopic (exact) mass is 502 g/mol. The van der Waals surface area contributed by atoms with Gasteiger partial charge in [0.25, 0.3) is 5.56 Å². The number of nitrogens with zero attached hydrogens (tertiary/aromatic N) is 5. The van der Waals surface area contributed by atoms with Gasteiger partial charge in [0.05, 0.1) is 44.7 Å². The largest absolute Gasteiger partial charge is 0.369 e. The van der Waals surface area contributed by atoms with E-state index >= 15 is 0 Å². The molecular formula is C30H26N6O2. The number of imidazole rings is 1. The predicted molar refractivity (Wildman–Crippen MR) is 150 cm³/mol. The zero-order valence-corrected chi connectivity index (χ0v) is 21.6. The number of anilines is 1. The maximum Gasteiger partial charge on any atom is 0.331 e. The number of aryl methyl sites for hydroxylation is 3. The zero-order chi connectivity index (χ0) is 26.3. The van der Waals surface area contributed by atoms with Gasteiger partial charge in [-0.15, -0.1) is 0 Å². The van der Waals surface area contributed by atoms with Crippen molar-refractivity contribution in [2.75, 3.05) is 5.32 Å². The number of hydrogen-bond donors (Lipinski definition) is 1. The number of rotatable bonds is 2. The summed E-state index contributed by atoms with van der Waals surface area (Å²) < 4.78 is 7.01. The maximum absolute atomic E-state index is 13.9. The van der Waals surface area contributed by atoms with Crippen molar-refractivity contribution >= 4 is 27.6 Å². The summed E-state index contributed by atoms with van der Waals surface area (Å²) in [6.45, 7) is 2.04. The number of benzene rings is 3. The summed E-state index contributed by atoms with van der Waals surface area (Å²) in [4.78, 5) is 32.1. The summed E-state index contributed by atoms with van der Waals surface area (Å²) in [6, 6.07) is 23.8. The van der Waals surface area contributed by atoms with E-state index in [-0.39, 0.29) is 11.2 Å². The highest BCUT2D eigenvalue weighted by Crippen LogP contribution is 2.45. The van der Waals surface area contributed by atoms with E-state index in [0.29, 0.717) is 10.9 Å². The molecule has 8 heteroatoms. The quantitative estimate of drug-likeness (QED) is 0.381. The fraction of sp³-hybridized carbons (Fsp3) is 0.167. The van der Waals surface area contributed by atoms with Crippen molar-refractivity contribution in [1.29, 1.82) is 0 Å². The summed E-state index contributed by atoms with van der Waals surface area (Å²) in [6.07, 6.45) is 0. The first kappa shape index (κ1) is 22.4. The van der Waals surface area contributed by atoms with Gasteiger partial charge in [-0.3, -0.25) is 13.9 Å². The molecule has 0 amide bonds. The van der Waals surface area contributed by atoms with Crippen LogP contribution < -0.4 is 16.6 Å². The summed E-state index contributed by atoms with van der Waals surface area (Å²) >= 11 is 0. The first-order valence-corrected chi connectivity index (χ1v) is 12.6. The molecule has 8 nitrogen and oxygen atoms in total. The predicted octanol–water partition coefficient (Wildman–Crippen LogP) is 4.40. The topological polar surface area (TPSA) is 78.8 Å². The van der Waals surface area contributed by atoms with E-state index in [1.807, 2.05) is 80.7 Å². The Hall–Kier alpha value is -4.85. The van der Waals surface area contributed by atoms with Gasteiger partial charge in [0.2, 0.25) is 0 Å². The highest BCUT2D eigenvalue weighted by atomic mass is 16.2. The molecule has 1 aliphatic rings. The van der Waals surface area contributed by atoms with E-state index in [2.05, 4.69) is 20.5 Å². The molecule has 0 bridgehead atoms. The van der Waals surface area contributed by atoms with Crippen LogP contribution in [0.4, 0.5) is 5.69 Å². The van der Waals surface area contributed by atoms with Crippen LogP contribution >= 0.6 is 0 Å². The first-order valence-electron chi connectivity index (χ1n) is 12.6. The van der Waals surface area contributed by atoms with Gasteiger partial charge in [0.15, 0.2) is 0 Å². The maximum atomic E-state index is 13.9. The fourth-order valence-electron chi connectivity index (χ4n) is 5.90. The van der Waals surface area contributed by atoms with Crippen molar-refractivity contribution < 1.29 is 0 Å². The molecule has 0 aliphatic carbocycles. The molecule has 1 aliphatic heterocycles. The van der Waals surface area contributed by atoms with E-state index in [9.17, 15) is 9.59 Å². The van der Waals surface area contributed by atoms with Gasteiger partial charge in [0, 0.05) is 21.1 Å². The Morgan fingerprint density at radius 1 is 0.842 bits per heavy atom. The molecule has 1 unspecified atom stereocenters. The third-order valence-electron chi connectivity index (χ3n) is 7.70. The molecule has 188 valence electrons. The van der Waals surface area contributed by atoms with Crippen LogP contribution in [0.25, 0.3) is 38.9 Å². The molecule has 0 saturated heterocycles. The number of nitrogens with one attached hydrogen (secondary N) is 1. The summed E-state index contributed by atoms with van der Waals surface area (Å²) in [5, 5.41) is 4.20. The second kappa shape index (κ2) is 7.82. The van der Waals surface area contributed by atoms with Crippen LogP contribution in [0.1, 0.15) is 23.1 Å². The minimum atomic E-state index is -0.416. The molecule has 0 spiro atoms. The van der Waals surface area contributed by atoms with Gasteiger partial charge in [0.1, 0.15) is 11.9 Å². The zero-order valence-electron chi connectivity index (χ0n) is 21.6. The minimum Gasteiger partial charge on any atom is -0.369 e. The third kappa shape index (κ3) is 2.88. The van der Waals surface area contributed by atoms with Crippen LogP contribution in [-0.4, -0.2) is 23.3 Å². The molecule has 1 atom stereocenters. The van der Waals surface area contributed by atoms with Crippen LogP contribution in [-0.2, 0) is 21.1 Å². The molecule has 3 aromatic heterocycles. The number of aromatic nitrogens is 5. The van der Waals surface area contributed by atoms with E-state index in [1.54, 1.807) is 11.6 Å². The van der Waals surface area contributed by atoms with Crippen LogP contribution in [0.5, 0.6) is 0 Å². The second-order valence-corrected chi connectivity index (χ2v) is 9.98. The van der Waals surface area contributed by atoms with E-state index in [1.165, 1.54) is 11.6 Å². The third-order valence-corrected chi connectivity index (χ3v) is 7.70. The highest BCUT2D eigenvalue weighted by Gasteiger charge is 2.36. The van der Waals surface area contributed by atoms with Crippen molar-refractivity contribution in [2.24, 2.45) is 21.1 Å². The average molecular weight is 503 g/mol. The van der Waals surface area contributed by atoms with Crippen molar-refractivity contribution in [1.82, 2.24) is 23.3 Å². The van der Waals surface area contributed by atoms with Crippen molar-refractivity contribution in [3.63, 3.8) is 0 Å². The van der Waals surface area contributed by atoms with E-state index < -0.39 is 6.04 Å². The van der Waals surface area contributed by atoms with Gasteiger partial charge < -0.3 is 14.5 Å². The Labute approximate surface area is 218 Å². The van der Waals surface area contributed by atoms with Gasteiger partial charge in [-0.25, -0.2) is 9.78 Å².